The van der Waals surface area contributed by atoms with Crippen molar-refractivity contribution in [3.05, 3.63) is 243 Å². The van der Waals surface area contributed by atoms with Gasteiger partial charge in [0.15, 0.2) is 0 Å². The predicted molar refractivity (Wildman–Crippen MR) is 417 cm³/mol. The summed E-state index contributed by atoms with van der Waals surface area (Å²) in [6.45, 7) is 29.2. The molecular weight excluding hydrogens is 1290 g/mol. The molecule has 0 N–H and O–H groups in total. The van der Waals surface area contributed by atoms with Crippen LogP contribution in [-0.2, 0) is 20.4 Å². The summed E-state index contributed by atoms with van der Waals surface area (Å²) in [4.78, 5) is 0. The van der Waals surface area contributed by atoms with Crippen LogP contribution in [0.15, 0.2) is 243 Å². The zero-order chi connectivity index (χ0) is 64.9. The van der Waals surface area contributed by atoms with Crippen molar-refractivity contribution in [3.8, 4) is 0 Å². The normalized spacial score (nSPS) is 24.7. The standard InChI is InChI=1S/4C22H29P.Pd/c4*1-17(2)21-15-14-18(3)16-22(21)23(19-10-6-4-7-11-19)20-12-8-5-9-13-20;/h4*4-13,17-18,21-22H,14-16H2,1-3H3;/q;;;;+2. The second-order valence-electron chi connectivity index (χ2n) is 29.7. The first-order valence-corrected chi connectivity index (χ1v) is 41.9. The van der Waals surface area contributed by atoms with Crippen molar-refractivity contribution in [2.24, 2.45) is 71.0 Å². The van der Waals surface area contributed by atoms with E-state index < -0.39 is 0 Å². The third-order valence-electron chi connectivity index (χ3n) is 21.6. The van der Waals surface area contributed by atoms with Crippen LogP contribution in [0.5, 0.6) is 0 Å². The number of hydrogen-bond acceptors (Lipinski definition) is 0. The molecule has 4 aliphatic carbocycles. The molecule has 496 valence electrons. The Balaban J connectivity index is 0.000000159. The van der Waals surface area contributed by atoms with Gasteiger partial charge in [0.25, 0.3) is 0 Å². The van der Waals surface area contributed by atoms with Crippen LogP contribution in [0.4, 0.5) is 0 Å². The smallest absolute Gasteiger partial charge is 0.0625 e. The van der Waals surface area contributed by atoms with Crippen molar-refractivity contribution >= 4 is 74.1 Å². The van der Waals surface area contributed by atoms with Crippen molar-refractivity contribution in [2.75, 3.05) is 0 Å². The van der Waals surface area contributed by atoms with Crippen LogP contribution >= 0.6 is 31.7 Å². The maximum Gasteiger partial charge on any atom is 2.00 e. The van der Waals surface area contributed by atoms with E-state index in [0.29, 0.717) is 0 Å². The van der Waals surface area contributed by atoms with Gasteiger partial charge in [0.05, 0.1) is 0 Å². The van der Waals surface area contributed by atoms with Crippen LogP contribution < -0.4 is 42.4 Å². The van der Waals surface area contributed by atoms with E-state index in [1.807, 2.05) is 0 Å². The van der Waals surface area contributed by atoms with Gasteiger partial charge in [-0.25, -0.2) is 0 Å². The summed E-state index contributed by atoms with van der Waals surface area (Å²) in [7, 11) is -1.07. The van der Waals surface area contributed by atoms with Gasteiger partial charge in [0.1, 0.15) is 0 Å². The molecule has 0 saturated heterocycles. The van der Waals surface area contributed by atoms with Crippen LogP contribution in [0.3, 0.4) is 0 Å². The van der Waals surface area contributed by atoms with E-state index in [2.05, 4.69) is 326 Å². The molecular formula is C88H116P4Pd+2. The van der Waals surface area contributed by atoms with E-state index in [4.69, 9.17) is 0 Å². The molecule has 12 rings (SSSR count). The van der Waals surface area contributed by atoms with Crippen molar-refractivity contribution in [3.63, 3.8) is 0 Å². The van der Waals surface area contributed by atoms with E-state index in [0.717, 1.165) is 93.7 Å². The molecule has 12 unspecified atom stereocenters. The van der Waals surface area contributed by atoms with Gasteiger partial charge in [-0.05, 0) is 219 Å². The molecule has 93 heavy (non-hydrogen) atoms. The summed E-state index contributed by atoms with van der Waals surface area (Å²) in [6.07, 6.45) is 16.8. The number of benzene rings is 8. The molecule has 0 heterocycles. The molecule has 4 fully saturated rings. The maximum absolute atomic E-state index is 2.45. The van der Waals surface area contributed by atoms with E-state index in [9.17, 15) is 0 Å². The SMILES string of the molecule is CC1CCC(C(C)C)C(P(c2ccccc2)c2ccccc2)C1.CC1CCC(C(C)C)C(P(c2ccccc2)c2ccccc2)C1.CC1CCC(C(C)C)C(P(c2ccccc2)c2ccccc2)C1.CC1CCC(C(C)C)C(P(c2ccccc2)c2ccccc2)C1.[Pd+2]. The third-order valence-corrected chi connectivity index (χ3v) is 33.4. The van der Waals surface area contributed by atoms with Crippen LogP contribution in [0.2, 0.25) is 0 Å². The average molecular weight is 1400 g/mol. The molecule has 0 aliphatic heterocycles. The largest absolute Gasteiger partial charge is 2.00 e. The topological polar surface area (TPSA) is 0 Å². The van der Waals surface area contributed by atoms with Crippen LogP contribution in [0.1, 0.15) is 160 Å². The Kier molecular flexibility index (Phi) is 30.9. The van der Waals surface area contributed by atoms with Gasteiger partial charge >= 0.3 is 20.4 Å². The van der Waals surface area contributed by atoms with Gasteiger partial charge in [0.2, 0.25) is 0 Å². The van der Waals surface area contributed by atoms with Gasteiger partial charge in [-0.2, -0.15) is 0 Å². The fourth-order valence-corrected chi connectivity index (χ4v) is 30.6. The molecule has 0 radical (unpaired) electrons. The van der Waals surface area contributed by atoms with Gasteiger partial charge in [-0.1, -0.05) is 351 Å². The molecule has 8 aromatic rings. The monoisotopic (exact) mass is 1400 g/mol. The Hall–Kier alpha value is -3.86. The first-order valence-electron chi connectivity index (χ1n) is 36.2. The second kappa shape index (κ2) is 38.3. The molecule has 0 spiro atoms. The second-order valence-corrected chi connectivity index (χ2v) is 39.5. The summed E-state index contributed by atoms with van der Waals surface area (Å²) < 4.78 is 0. The molecule has 0 aromatic heterocycles. The molecule has 8 aromatic carbocycles. The Morgan fingerprint density at radius 2 is 0.344 bits per heavy atom. The van der Waals surface area contributed by atoms with Gasteiger partial charge in [0, 0.05) is 0 Å². The van der Waals surface area contributed by atoms with Crippen LogP contribution in [0, 0.1) is 71.0 Å². The molecule has 4 saturated carbocycles. The van der Waals surface area contributed by atoms with Gasteiger partial charge < -0.3 is 0 Å². The Morgan fingerprint density at radius 1 is 0.215 bits per heavy atom. The summed E-state index contributed by atoms with van der Waals surface area (Å²) in [6, 6.07) is 90.3. The predicted octanol–water partition coefficient (Wildman–Crippen LogP) is 22.3. The summed E-state index contributed by atoms with van der Waals surface area (Å²) in [5.74, 6) is 10.0. The van der Waals surface area contributed by atoms with E-state index in [1.54, 1.807) is 42.4 Å². The van der Waals surface area contributed by atoms with Gasteiger partial charge in [-0.3, -0.25) is 0 Å². The average Bonchev–Trinajstić information content (AvgIpc) is 0.922. The van der Waals surface area contributed by atoms with Crippen LogP contribution in [-0.4, -0.2) is 22.6 Å². The Labute approximate surface area is 586 Å². The Bertz CT molecular complexity index is 2650. The van der Waals surface area contributed by atoms with Crippen molar-refractivity contribution in [2.45, 2.75) is 183 Å². The third kappa shape index (κ3) is 21.1. The molecule has 12 atom stereocenters. The molecule has 5 heteroatoms. The zero-order valence-electron chi connectivity index (χ0n) is 58.9. The van der Waals surface area contributed by atoms with Gasteiger partial charge in [-0.15, -0.1) is 0 Å². The zero-order valence-corrected chi connectivity index (χ0v) is 64.1. The quantitative estimate of drug-likeness (QED) is 0.0668. The molecule has 0 nitrogen and oxygen atoms in total. The Morgan fingerprint density at radius 3 is 0.462 bits per heavy atom. The van der Waals surface area contributed by atoms with Crippen LogP contribution in [0.25, 0.3) is 0 Å². The summed E-state index contributed by atoms with van der Waals surface area (Å²) in [5.41, 5.74) is 3.27. The molecule has 0 bridgehead atoms. The first-order chi connectivity index (χ1) is 44.7. The first kappa shape index (κ1) is 74.9. The van der Waals surface area contributed by atoms with E-state index in [1.165, 1.54) is 77.0 Å². The number of rotatable bonds is 16. The number of hydrogen-bond donors (Lipinski definition) is 0. The minimum absolute atomic E-state index is 0. The molecule has 0 amide bonds. The van der Waals surface area contributed by atoms with E-state index in [-0.39, 0.29) is 52.1 Å². The van der Waals surface area contributed by atoms with E-state index >= 15 is 0 Å². The maximum atomic E-state index is 2.45. The minimum atomic E-state index is -0.267. The molecule has 4 aliphatic rings. The van der Waals surface area contributed by atoms with Crippen molar-refractivity contribution in [1.82, 2.24) is 0 Å². The fourth-order valence-electron chi connectivity index (χ4n) is 16.6. The van der Waals surface area contributed by atoms with Crippen molar-refractivity contribution < 1.29 is 20.4 Å². The summed E-state index contributed by atoms with van der Waals surface area (Å²) >= 11 is 0. The fraction of sp³-hybridized carbons (Fsp3) is 0.455. The van der Waals surface area contributed by atoms with Crippen molar-refractivity contribution in [1.29, 1.82) is 0 Å². The summed E-state index contributed by atoms with van der Waals surface area (Å²) in [5, 5.41) is 12.4. The minimum Gasteiger partial charge on any atom is -0.0625 e.